The van der Waals surface area contributed by atoms with E-state index in [2.05, 4.69) is 32.9 Å². The number of hydrogen-bond donors (Lipinski definition) is 3. The topological polar surface area (TPSA) is 175 Å². The molecular formula is C53H96O12. The number of rotatable bonds is 45. The highest BCUT2D eigenvalue weighted by Gasteiger charge is 2.50. The molecule has 1 aliphatic heterocycles. The summed E-state index contributed by atoms with van der Waals surface area (Å²) >= 11 is 0. The lowest BCUT2D eigenvalue weighted by Crippen LogP contribution is -2.61. The summed E-state index contributed by atoms with van der Waals surface area (Å²) in [6.07, 6.45) is 32.1. The molecular weight excluding hydrogens is 829 g/mol. The predicted octanol–water partition coefficient (Wildman–Crippen LogP) is 12.6. The normalized spacial score (nSPS) is 19.1. The van der Waals surface area contributed by atoms with E-state index in [4.69, 9.17) is 23.7 Å². The molecule has 1 saturated heterocycles. The summed E-state index contributed by atoms with van der Waals surface area (Å²) in [5.41, 5.74) is 0. The lowest BCUT2D eigenvalue weighted by molar-refractivity contribution is -0.301. The third-order valence-corrected chi connectivity index (χ3v) is 12.3. The first kappa shape index (κ1) is 60.5. The molecule has 380 valence electrons. The number of hydrogen-bond acceptors (Lipinski definition) is 11. The summed E-state index contributed by atoms with van der Waals surface area (Å²) in [4.78, 5) is 50.7. The van der Waals surface area contributed by atoms with Crippen molar-refractivity contribution in [3.63, 3.8) is 0 Å². The number of aliphatic hydroxyl groups excluding tert-OH is 2. The first-order valence-electron chi connectivity index (χ1n) is 26.7. The summed E-state index contributed by atoms with van der Waals surface area (Å²) in [6, 6.07) is 0. The molecule has 12 heteroatoms. The van der Waals surface area contributed by atoms with Gasteiger partial charge in [-0.05, 0) is 44.9 Å². The fourth-order valence-corrected chi connectivity index (χ4v) is 8.19. The van der Waals surface area contributed by atoms with Crippen LogP contribution in [0.4, 0.5) is 0 Å². The Bertz CT molecular complexity index is 1190. The van der Waals surface area contributed by atoms with E-state index in [0.717, 1.165) is 77.0 Å². The van der Waals surface area contributed by atoms with Gasteiger partial charge in [-0.15, -0.1) is 0 Å². The van der Waals surface area contributed by atoms with Gasteiger partial charge in [-0.3, -0.25) is 14.4 Å². The van der Waals surface area contributed by atoms with E-state index >= 15 is 0 Å². The Balaban J connectivity index is 2.70. The van der Waals surface area contributed by atoms with Gasteiger partial charge in [0.05, 0.1) is 6.61 Å². The van der Waals surface area contributed by atoms with Gasteiger partial charge < -0.3 is 39.0 Å². The minimum atomic E-state index is -1.90. The lowest BCUT2D eigenvalue weighted by atomic mass is 9.98. The fourth-order valence-electron chi connectivity index (χ4n) is 8.19. The van der Waals surface area contributed by atoms with E-state index < -0.39 is 67.3 Å². The van der Waals surface area contributed by atoms with Crippen LogP contribution in [-0.4, -0.2) is 89.2 Å². The molecule has 0 bridgehead atoms. The highest BCUT2D eigenvalue weighted by Crippen LogP contribution is 2.26. The van der Waals surface area contributed by atoms with Gasteiger partial charge in [0.1, 0.15) is 18.8 Å². The lowest BCUT2D eigenvalue weighted by Gasteiger charge is -2.40. The van der Waals surface area contributed by atoms with Gasteiger partial charge in [0, 0.05) is 19.3 Å². The largest absolute Gasteiger partial charge is 0.479 e. The molecule has 6 unspecified atom stereocenters. The maximum Gasteiger partial charge on any atom is 0.335 e. The highest BCUT2D eigenvalue weighted by molar-refractivity contribution is 5.74. The molecule has 3 N–H and O–H groups in total. The monoisotopic (exact) mass is 925 g/mol. The molecule has 0 aromatic carbocycles. The number of ether oxygens (including phenoxy) is 5. The van der Waals surface area contributed by atoms with Gasteiger partial charge in [0.25, 0.3) is 0 Å². The van der Waals surface area contributed by atoms with E-state index in [0.29, 0.717) is 19.3 Å². The number of carboxylic acids is 1. The number of esters is 3. The standard InChI is InChI=1S/C53H96O12/c1-4-7-10-13-16-19-21-23-25-28-30-33-36-39-45(54)61-42-44(63-46(55)40-37-34-31-27-18-15-12-9-6-3)43-62-53-51(49(58)48(57)50(65-53)52(59)60)64-47(56)41-38-35-32-29-26-24-22-20-17-14-11-8-5-2/h20,22,44,48-51,53,57-58H,4-19,21,23-43H2,1-3H3,(H,59,60)/b22-20-. The maximum atomic E-state index is 13.0. The van der Waals surface area contributed by atoms with Crippen molar-refractivity contribution in [3.8, 4) is 0 Å². The van der Waals surface area contributed by atoms with Gasteiger partial charge in [0.2, 0.25) is 0 Å². The van der Waals surface area contributed by atoms with Crippen molar-refractivity contribution in [2.75, 3.05) is 13.2 Å². The van der Waals surface area contributed by atoms with Crippen molar-refractivity contribution in [1.29, 1.82) is 0 Å². The average molecular weight is 925 g/mol. The van der Waals surface area contributed by atoms with Crippen LogP contribution in [0.5, 0.6) is 0 Å². The molecule has 0 saturated carbocycles. The van der Waals surface area contributed by atoms with E-state index in [1.807, 2.05) is 0 Å². The Morgan fingerprint density at radius 1 is 0.492 bits per heavy atom. The number of allylic oxidation sites excluding steroid dienone is 2. The van der Waals surface area contributed by atoms with Crippen molar-refractivity contribution in [2.24, 2.45) is 0 Å². The molecule has 1 fully saturated rings. The number of carboxylic acid groups (broad SMARTS) is 1. The minimum Gasteiger partial charge on any atom is -0.479 e. The molecule has 1 aliphatic rings. The molecule has 1 rings (SSSR count). The van der Waals surface area contributed by atoms with Crippen molar-refractivity contribution >= 4 is 23.9 Å². The first-order valence-corrected chi connectivity index (χ1v) is 26.7. The quantitative estimate of drug-likeness (QED) is 0.0228. The smallest absolute Gasteiger partial charge is 0.335 e. The second-order valence-corrected chi connectivity index (χ2v) is 18.5. The van der Waals surface area contributed by atoms with Crippen LogP contribution in [0.25, 0.3) is 0 Å². The van der Waals surface area contributed by atoms with Gasteiger partial charge in [0.15, 0.2) is 24.6 Å². The second kappa shape index (κ2) is 42.8. The third-order valence-electron chi connectivity index (χ3n) is 12.3. The number of carbonyl (C=O) groups is 4. The first-order chi connectivity index (χ1) is 31.6. The fraction of sp³-hybridized carbons (Fsp3) is 0.887. The van der Waals surface area contributed by atoms with Gasteiger partial charge >= 0.3 is 23.9 Å². The molecule has 0 amide bonds. The Labute approximate surface area is 395 Å². The zero-order valence-corrected chi connectivity index (χ0v) is 41.5. The Hall–Kier alpha value is -2.54. The Kier molecular flexibility index (Phi) is 39.8. The van der Waals surface area contributed by atoms with Crippen LogP contribution in [0.3, 0.4) is 0 Å². The Morgan fingerprint density at radius 2 is 0.877 bits per heavy atom. The predicted molar refractivity (Wildman–Crippen MR) is 257 cm³/mol. The number of unbranched alkanes of at least 4 members (excludes halogenated alkanes) is 29. The molecule has 6 atom stereocenters. The maximum absolute atomic E-state index is 13.0. The minimum absolute atomic E-state index is 0.0559. The third kappa shape index (κ3) is 33.6. The van der Waals surface area contributed by atoms with Gasteiger partial charge in [-0.2, -0.15) is 0 Å². The average Bonchev–Trinajstić information content (AvgIpc) is 3.29. The van der Waals surface area contributed by atoms with Crippen LogP contribution in [-0.2, 0) is 42.9 Å². The second-order valence-electron chi connectivity index (χ2n) is 18.5. The SMILES string of the molecule is CCCCCC/C=C\CCCCCCCC(=O)OC1C(OCC(COC(=O)CCCCCCCCCCCCCCC)OC(=O)CCCCCCCCCCC)OC(C(=O)O)C(O)C1O. The molecule has 0 aromatic rings. The van der Waals surface area contributed by atoms with Crippen molar-refractivity contribution < 1.29 is 58.2 Å². The molecule has 65 heavy (non-hydrogen) atoms. The molecule has 0 aromatic heterocycles. The van der Waals surface area contributed by atoms with Crippen LogP contribution in [0.1, 0.15) is 252 Å². The summed E-state index contributed by atoms with van der Waals surface area (Å²) in [5.74, 6) is -3.11. The van der Waals surface area contributed by atoms with Crippen LogP contribution in [0, 0.1) is 0 Å². The molecule has 0 spiro atoms. The number of aliphatic carboxylic acids is 1. The number of carbonyl (C=O) groups excluding carboxylic acids is 3. The Morgan fingerprint density at radius 3 is 1.32 bits per heavy atom. The number of aliphatic hydroxyl groups is 2. The van der Waals surface area contributed by atoms with Crippen molar-refractivity contribution in [2.45, 2.75) is 289 Å². The van der Waals surface area contributed by atoms with E-state index in [1.54, 1.807) is 0 Å². The van der Waals surface area contributed by atoms with Crippen LogP contribution in [0.15, 0.2) is 12.2 Å². The van der Waals surface area contributed by atoms with Crippen molar-refractivity contribution in [1.82, 2.24) is 0 Å². The van der Waals surface area contributed by atoms with E-state index in [1.165, 1.54) is 116 Å². The molecule has 12 nitrogen and oxygen atoms in total. The highest BCUT2D eigenvalue weighted by atomic mass is 16.7. The van der Waals surface area contributed by atoms with Gasteiger partial charge in [-0.25, -0.2) is 4.79 Å². The summed E-state index contributed by atoms with van der Waals surface area (Å²) in [7, 11) is 0. The van der Waals surface area contributed by atoms with Crippen LogP contribution >= 0.6 is 0 Å². The molecule has 1 heterocycles. The van der Waals surface area contributed by atoms with Crippen molar-refractivity contribution in [3.05, 3.63) is 12.2 Å². The summed E-state index contributed by atoms with van der Waals surface area (Å²) < 4.78 is 28.3. The van der Waals surface area contributed by atoms with Crippen LogP contribution < -0.4 is 0 Å². The zero-order valence-electron chi connectivity index (χ0n) is 41.5. The molecule has 0 aliphatic carbocycles. The van der Waals surface area contributed by atoms with Crippen LogP contribution in [0.2, 0.25) is 0 Å². The van der Waals surface area contributed by atoms with E-state index in [9.17, 15) is 34.5 Å². The summed E-state index contributed by atoms with van der Waals surface area (Å²) in [5, 5.41) is 31.3. The zero-order chi connectivity index (χ0) is 47.6. The van der Waals surface area contributed by atoms with E-state index in [-0.39, 0.29) is 25.9 Å². The summed E-state index contributed by atoms with van der Waals surface area (Å²) in [6.45, 7) is 5.94. The van der Waals surface area contributed by atoms with Gasteiger partial charge in [-0.1, -0.05) is 200 Å². The molecule has 0 radical (unpaired) electrons.